The molecule has 0 heterocycles. The van der Waals surface area contributed by atoms with Crippen LogP contribution in [-0.2, 0) is 44.9 Å². The van der Waals surface area contributed by atoms with Crippen LogP contribution in [0.5, 0.6) is 0 Å². The molecule has 0 aromatic heterocycles. The summed E-state index contributed by atoms with van der Waals surface area (Å²) in [4.78, 5) is 9.90. The van der Waals surface area contributed by atoms with Gasteiger partial charge in [-0.1, -0.05) is 0 Å². The summed E-state index contributed by atoms with van der Waals surface area (Å²) in [6.45, 7) is 4.73. The van der Waals surface area contributed by atoms with E-state index in [0.29, 0.717) is 0 Å². The van der Waals surface area contributed by atoms with Gasteiger partial charge < -0.3 is 29.1 Å². The first-order chi connectivity index (χ1) is 12.6. The zero-order chi connectivity index (χ0) is 20.7. The van der Waals surface area contributed by atoms with Gasteiger partial charge in [0, 0.05) is 24.3 Å². The van der Waals surface area contributed by atoms with Crippen molar-refractivity contribution in [3.05, 3.63) is 34.9 Å². The maximum atomic E-state index is 12.1. The Morgan fingerprint density at radius 3 is 1.70 bits per heavy atom. The molecule has 0 amide bonds. The molecule has 1 aromatic carbocycles. The molecule has 0 aliphatic heterocycles. The van der Waals surface area contributed by atoms with Crippen molar-refractivity contribution < 1.29 is 42.8 Å². The quantitative estimate of drug-likeness (QED) is 0.330. The van der Waals surface area contributed by atoms with Gasteiger partial charge in [-0.05, 0) is 44.5 Å². The Balaban J connectivity index is 3.58. The number of benzene rings is 1. The van der Waals surface area contributed by atoms with E-state index >= 15 is 0 Å². The molecule has 3 atom stereocenters. The van der Waals surface area contributed by atoms with Crippen LogP contribution in [0, 0.1) is 0 Å². The van der Waals surface area contributed by atoms with Crippen LogP contribution in [0.2, 0.25) is 0 Å². The highest BCUT2D eigenvalue weighted by atomic mass is 31.2. The van der Waals surface area contributed by atoms with Crippen molar-refractivity contribution in [1.29, 1.82) is 0 Å². The molecule has 27 heavy (non-hydrogen) atoms. The average Bonchev–Trinajstić information content (AvgIpc) is 2.61. The van der Waals surface area contributed by atoms with E-state index < -0.39 is 41.7 Å². The normalized spacial score (nSPS) is 18.7. The summed E-state index contributed by atoms with van der Waals surface area (Å²) >= 11 is 0. The molecule has 0 aliphatic carbocycles. The van der Waals surface area contributed by atoms with Crippen molar-refractivity contribution in [2.45, 2.75) is 38.0 Å². The Labute approximate surface area is 160 Å². The predicted molar refractivity (Wildman–Crippen MR) is 97.9 cm³/mol. The lowest BCUT2D eigenvalue weighted by Crippen LogP contribution is -2.26. The van der Waals surface area contributed by atoms with Crippen LogP contribution in [0.25, 0.3) is 0 Å². The Kier molecular flexibility index (Phi) is 9.29. The Morgan fingerprint density at radius 1 is 0.926 bits per heavy atom. The number of hydrogen-bond donors (Lipinski definition) is 3. The minimum absolute atomic E-state index is 0.00441. The fraction of sp³-hybridized carbons (Fsp3) is 0.600. The van der Waals surface area contributed by atoms with E-state index in [4.69, 9.17) is 14.0 Å². The summed E-state index contributed by atoms with van der Waals surface area (Å²) in [6.07, 6.45) is -0.461. The molecule has 0 fully saturated rings. The molecule has 0 bridgehead atoms. The van der Waals surface area contributed by atoms with Crippen molar-refractivity contribution in [3.8, 4) is 0 Å². The van der Waals surface area contributed by atoms with E-state index in [1.54, 1.807) is 20.8 Å². The van der Waals surface area contributed by atoms with Gasteiger partial charge in [0.15, 0.2) is 0 Å². The number of ether oxygens (including phenoxy) is 2. The summed E-state index contributed by atoms with van der Waals surface area (Å²) in [7, 11) is -5.60. The molecule has 1 aromatic rings. The largest absolute Gasteiger partial charge is 0.353 e. The first-order valence-electron chi connectivity index (χ1n) is 8.12. The van der Waals surface area contributed by atoms with Gasteiger partial charge in [0.05, 0.1) is 12.8 Å². The smallest absolute Gasteiger partial charge is 0.332 e. The highest BCUT2D eigenvalue weighted by Gasteiger charge is 2.37. The summed E-state index contributed by atoms with van der Waals surface area (Å²) < 4.78 is 50.2. The van der Waals surface area contributed by atoms with E-state index in [2.05, 4.69) is 0 Å². The lowest BCUT2D eigenvalue weighted by Gasteiger charge is -2.26. The van der Waals surface area contributed by atoms with E-state index in [-0.39, 0.29) is 36.5 Å². The zero-order valence-electron chi connectivity index (χ0n) is 15.2. The molecule has 3 unspecified atom stereocenters. The van der Waals surface area contributed by atoms with Crippen molar-refractivity contribution in [2.75, 3.05) is 19.8 Å². The van der Waals surface area contributed by atoms with Gasteiger partial charge in [-0.25, -0.2) is 0 Å². The highest BCUT2D eigenvalue weighted by molar-refractivity contribution is 7.51. The van der Waals surface area contributed by atoms with Gasteiger partial charge in [0.2, 0.25) is 16.9 Å². The van der Waals surface area contributed by atoms with Crippen molar-refractivity contribution in [3.63, 3.8) is 0 Å². The summed E-state index contributed by atoms with van der Waals surface area (Å²) in [5.74, 6) is 0. The summed E-state index contributed by atoms with van der Waals surface area (Å²) in [6, 6.07) is 3.79. The topological polar surface area (TPSA) is 140 Å². The van der Waals surface area contributed by atoms with Gasteiger partial charge in [-0.15, -0.1) is 0 Å². The molecule has 3 N–H and O–H groups in total. The zero-order valence-corrected chi connectivity index (χ0v) is 17.9. The van der Waals surface area contributed by atoms with Gasteiger partial charge in [0.25, 0.3) is 11.1 Å². The van der Waals surface area contributed by atoms with Crippen LogP contribution in [0.15, 0.2) is 18.2 Å². The third kappa shape index (κ3) is 6.47. The van der Waals surface area contributed by atoms with Crippen molar-refractivity contribution in [1.82, 2.24) is 0 Å². The second-order valence-electron chi connectivity index (χ2n) is 5.40. The van der Waals surface area contributed by atoms with Crippen molar-refractivity contribution >= 4 is 24.5 Å². The number of aliphatic hydroxyl groups is 2. The molecule has 0 saturated carbocycles. The Bertz CT molecular complexity index is 672. The summed E-state index contributed by atoms with van der Waals surface area (Å²) in [5, 5.41) is 21.0. The standard InChI is InChI=1S/C15H23O9P3/c1-4-22-14(16,25-18)12-7-11(10-27(20,21)24-6-3)8-13(9-12)15(17,26-19)23-5-2/h7-9,16-17H,4-6,10H2,1-3H3,(H,20,21). The predicted octanol–water partition coefficient (Wildman–Crippen LogP) is 3.27. The van der Waals surface area contributed by atoms with Crippen molar-refractivity contribution in [2.24, 2.45) is 0 Å². The molecule has 152 valence electrons. The lowest BCUT2D eigenvalue weighted by molar-refractivity contribution is -0.142. The fourth-order valence-corrected chi connectivity index (χ4v) is 4.34. The Morgan fingerprint density at radius 2 is 1.37 bits per heavy atom. The monoisotopic (exact) mass is 440 g/mol. The molecular weight excluding hydrogens is 417 g/mol. The second kappa shape index (κ2) is 10.3. The van der Waals surface area contributed by atoms with Gasteiger partial charge in [-0.2, -0.15) is 0 Å². The van der Waals surface area contributed by atoms with Crippen LogP contribution in [0.3, 0.4) is 0 Å². The minimum Gasteiger partial charge on any atom is -0.353 e. The third-order valence-electron chi connectivity index (χ3n) is 3.40. The fourth-order valence-electron chi connectivity index (χ4n) is 2.36. The Hall–Kier alpha value is -0.590. The first kappa shape index (κ1) is 24.4. The number of rotatable bonds is 12. The molecule has 0 spiro atoms. The second-order valence-corrected chi connectivity index (χ2v) is 8.82. The maximum Gasteiger partial charge on any atom is 0.332 e. The van der Waals surface area contributed by atoms with Crippen LogP contribution in [0.1, 0.15) is 37.5 Å². The molecule has 0 saturated heterocycles. The third-order valence-corrected chi connectivity index (χ3v) is 6.09. The summed E-state index contributed by atoms with van der Waals surface area (Å²) in [5.41, 5.74) is -4.53. The van der Waals surface area contributed by atoms with Crippen LogP contribution < -0.4 is 0 Å². The molecule has 9 nitrogen and oxygen atoms in total. The molecule has 0 aliphatic rings. The molecular formula is C15H23O9P3. The molecule has 1 rings (SSSR count). The van der Waals surface area contributed by atoms with Crippen LogP contribution in [0.4, 0.5) is 0 Å². The van der Waals surface area contributed by atoms with E-state index in [9.17, 15) is 28.8 Å². The molecule has 12 heteroatoms. The molecule has 0 radical (unpaired) electrons. The SMILES string of the molecule is CCOC(O)(P=O)c1cc(CP(=O)(O)OCC)cc(C(O)(OCC)P=O)c1. The highest BCUT2D eigenvalue weighted by Crippen LogP contribution is 2.47. The first-order valence-corrected chi connectivity index (χ1v) is 11.5. The van der Waals surface area contributed by atoms with Crippen LogP contribution >= 0.6 is 24.5 Å². The van der Waals surface area contributed by atoms with Gasteiger partial charge in [-0.3, -0.25) is 13.7 Å². The van der Waals surface area contributed by atoms with E-state index in [0.717, 1.165) is 0 Å². The minimum atomic E-state index is -4.01. The average molecular weight is 440 g/mol. The lowest BCUT2D eigenvalue weighted by atomic mass is 10.0. The van der Waals surface area contributed by atoms with E-state index in [1.807, 2.05) is 0 Å². The number of hydrogen-bond acceptors (Lipinski definition) is 8. The maximum absolute atomic E-state index is 12.1. The van der Waals surface area contributed by atoms with Gasteiger partial charge in [0.1, 0.15) is 0 Å². The van der Waals surface area contributed by atoms with E-state index in [1.165, 1.54) is 18.2 Å². The van der Waals surface area contributed by atoms with Gasteiger partial charge >= 0.3 is 7.60 Å². The van der Waals surface area contributed by atoms with Crippen LogP contribution in [-0.4, -0.2) is 34.9 Å².